The van der Waals surface area contributed by atoms with Crippen LogP contribution in [0.15, 0.2) is 88.3 Å². The molecule has 0 aromatic heterocycles. The molecule has 3 aromatic rings. The van der Waals surface area contributed by atoms with Crippen molar-refractivity contribution in [1.29, 1.82) is 0 Å². The summed E-state index contributed by atoms with van der Waals surface area (Å²) >= 11 is 3.72. The molecule has 1 aliphatic rings. The first-order chi connectivity index (χ1) is 13.3. The van der Waals surface area contributed by atoms with Crippen LogP contribution >= 0.6 is 15.9 Å². The lowest BCUT2D eigenvalue weighted by Crippen LogP contribution is -2.13. The number of benzene rings is 3. The summed E-state index contributed by atoms with van der Waals surface area (Å²) in [5.41, 5.74) is 5.79. The Bertz CT molecular complexity index is 978. The van der Waals surface area contributed by atoms with E-state index in [1.165, 1.54) is 16.7 Å². The fraction of sp³-hybridized carbons (Fsp3) is 0.125. The lowest BCUT2D eigenvalue weighted by Gasteiger charge is -2.18. The molecule has 0 saturated carbocycles. The third-order valence-corrected chi connectivity index (χ3v) is 5.15. The quantitative estimate of drug-likeness (QED) is 0.495. The molecule has 3 aromatic carbocycles. The average molecular weight is 418 g/mol. The van der Waals surface area contributed by atoms with Crippen molar-refractivity contribution in [2.45, 2.75) is 13.0 Å². The standard InChI is InChI=1S/C24H20BrNO/c25-23(15-18-7-3-1-4-8-18)24-22-12-11-21(16-20(22)13-14-26-24)27-17-19-9-5-2-6-10-19/h1-12,15-16H,13-14,17H2/b23-15-. The summed E-state index contributed by atoms with van der Waals surface area (Å²) in [6, 6.07) is 26.8. The van der Waals surface area contributed by atoms with Crippen LogP contribution < -0.4 is 4.74 Å². The van der Waals surface area contributed by atoms with Gasteiger partial charge in [-0.2, -0.15) is 0 Å². The topological polar surface area (TPSA) is 21.6 Å². The number of rotatable bonds is 5. The molecule has 3 heteroatoms. The molecule has 0 aliphatic carbocycles. The first-order valence-corrected chi connectivity index (χ1v) is 9.86. The highest BCUT2D eigenvalue weighted by atomic mass is 79.9. The van der Waals surface area contributed by atoms with Crippen molar-refractivity contribution in [2.24, 2.45) is 4.99 Å². The van der Waals surface area contributed by atoms with Crippen LogP contribution in [0.3, 0.4) is 0 Å². The zero-order chi connectivity index (χ0) is 18.5. The Kier molecular flexibility index (Phi) is 5.50. The van der Waals surface area contributed by atoms with Crippen LogP contribution in [0.2, 0.25) is 0 Å². The summed E-state index contributed by atoms with van der Waals surface area (Å²) in [6.07, 6.45) is 3.06. The van der Waals surface area contributed by atoms with Gasteiger partial charge >= 0.3 is 0 Å². The zero-order valence-electron chi connectivity index (χ0n) is 14.9. The number of allylic oxidation sites excluding steroid dienone is 1. The molecule has 0 unspecified atom stereocenters. The molecule has 4 rings (SSSR count). The Hall–Kier alpha value is -2.65. The molecule has 134 valence electrons. The lowest BCUT2D eigenvalue weighted by molar-refractivity contribution is 0.306. The van der Waals surface area contributed by atoms with Gasteiger partial charge in [-0.15, -0.1) is 0 Å². The van der Waals surface area contributed by atoms with Crippen LogP contribution in [0.4, 0.5) is 0 Å². The van der Waals surface area contributed by atoms with E-state index in [1.807, 2.05) is 42.5 Å². The van der Waals surface area contributed by atoms with Gasteiger partial charge in [-0.3, -0.25) is 4.99 Å². The molecule has 0 saturated heterocycles. The number of hydrogen-bond donors (Lipinski definition) is 0. The Morgan fingerprint density at radius 1 is 0.963 bits per heavy atom. The first-order valence-electron chi connectivity index (χ1n) is 9.07. The molecule has 1 aliphatic heterocycles. The Labute approximate surface area is 168 Å². The van der Waals surface area contributed by atoms with Gasteiger partial charge < -0.3 is 4.74 Å². The molecule has 2 nitrogen and oxygen atoms in total. The molecule has 0 N–H and O–H groups in total. The second kappa shape index (κ2) is 8.36. The molecule has 1 heterocycles. The van der Waals surface area contributed by atoms with Gasteiger partial charge in [0, 0.05) is 16.6 Å². The van der Waals surface area contributed by atoms with Crippen molar-refractivity contribution in [1.82, 2.24) is 0 Å². The Morgan fingerprint density at radius 2 is 1.70 bits per heavy atom. The minimum absolute atomic E-state index is 0.582. The zero-order valence-corrected chi connectivity index (χ0v) is 16.5. The molecule has 27 heavy (non-hydrogen) atoms. The van der Waals surface area contributed by atoms with E-state index in [0.717, 1.165) is 34.5 Å². The molecule has 0 spiro atoms. The number of halogens is 1. The number of hydrogen-bond acceptors (Lipinski definition) is 2. The van der Waals surface area contributed by atoms with E-state index in [1.54, 1.807) is 0 Å². The minimum atomic E-state index is 0.582. The third-order valence-electron chi connectivity index (χ3n) is 4.55. The summed E-state index contributed by atoms with van der Waals surface area (Å²) in [5, 5.41) is 0. The summed E-state index contributed by atoms with van der Waals surface area (Å²) < 4.78 is 6.99. The summed E-state index contributed by atoms with van der Waals surface area (Å²) in [5.74, 6) is 0.905. The van der Waals surface area contributed by atoms with Gasteiger partial charge in [0.1, 0.15) is 12.4 Å². The van der Waals surface area contributed by atoms with E-state index in [4.69, 9.17) is 9.73 Å². The average Bonchev–Trinajstić information content (AvgIpc) is 2.73. The Balaban J connectivity index is 1.54. The fourth-order valence-corrected chi connectivity index (χ4v) is 3.78. The van der Waals surface area contributed by atoms with Crippen LogP contribution in [0.1, 0.15) is 22.3 Å². The van der Waals surface area contributed by atoms with Gasteiger partial charge in [0.25, 0.3) is 0 Å². The monoisotopic (exact) mass is 417 g/mol. The van der Waals surface area contributed by atoms with Gasteiger partial charge in [-0.25, -0.2) is 0 Å². The highest BCUT2D eigenvalue weighted by Crippen LogP contribution is 2.28. The van der Waals surface area contributed by atoms with Crippen molar-refractivity contribution >= 4 is 27.7 Å². The first kappa shape index (κ1) is 17.7. The molecule has 0 amide bonds. The van der Waals surface area contributed by atoms with E-state index in [-0.39, 0.29) is 0 Å². The second-order valence-electron chi connectivity index (χ2n) is 6.48. The normalized spacial score (nSPS) is 13.7. The molecule has 0 bridgehead atoms. The smallest absolute Gasteiger partial charge is 0.120 e. The molecule has 0 fully saturated rings. The van der Waals surface area contributed by atoms with E-state index in [0.29, 0.717) is 6.61 Å². The summed E-state index contributed by atoms with van der Waals surface area (Å²) in [4.78, 5) is 4.75. The number of ether oxygens (including phenoxy) is 1. The van der Waals surface area contributed by atoms with Gasteiger partial charge in [0.15, 0.2) is 0 Å². The highest BCUT2D eigenvalue weighted by molar-refractivity contribution is 9.12. The third kappa shape index (κ3) is 4.37. The SMILES string of the molecule is Br/C(=C\c1ccccc1)C1=NCCc2cc(OCc3ccccc3)ccc21. The predicted molar refractivity (Wildman–Crippen MR) is 116 cm³/mol. The van der Waals surface area contributed by atoms with Crippen LogP contribution in [-0.4, -0.2) is 12.3 Å². The summed E-state index contributed by atoms with van der Waals surface area (Å²) in [7, 11) is 0. The van der Waals surface area contributed by atoms with E-state index in [2.05, 4.69) is 58.4 Å². The fourth-order valence-electron chi connectivity index (χ4n) is 3.18. The van der Waals surface area contributed by atoms with E-state index < -0.39 is 0 Å². The molecular formula is C24H20BrNO. The maximum Gasteiger partial charge on any atom is 0.120 e. The van der Waals surface area contributed by atoms with Gasteiger partial charge in [0.05, 0.1) is 5.71 Å². The maximum atomic E-state index is 5.98. The van der Waals surface area contributed by atoms with Crippen LogP contribution in [0.5, 0.6) is 5.75 Å². The predicted octanol–water partition coefficient (Wildman–Crippen LogP) is 6.05. The van der Waals surface area contributed by atoms with Crippen LogP contribution in [0.25, 0.3) is 6.08 Å². The van der Waals surface area contributed by atoms with Crippen molar-refractivity contribution in [3.05, 3.63) is 106 Å². The minimum Gasteiger partial charge on any atom is -0.489 e. The maximum absolute atomic E-state index is 5.98. The van der Waals surface area contributed by atoms with E-state index >= 15 is 0 Å². The van der Waals surface area contributed by atoms with Crippen molar-refractivity contribution in [2.75, 3.05) is 6.54 Å². The van der Waals surface area contributed by atoms with Crippen molar-refractivity contribution in [3.63, 3.8) is 0 Å². The highest BCUT2D eigenvalue weighted by Gasteiger charge is 2.17. The second-order valence-corrected chi connectivity index (χ2v) is 7.33. The molecular weight excluding hydrogens is 398 g/mol. The van der Waals surface area contributed by atoms with Crippen molar-refractivity contribution in [3.8, 4) is 5.75 Å². The van der Waals surface area contributed by atoms with Crippen molar-refractivity contribution < 1.29 is 4.74 Å². The van der Waals surface area contributed by atoms with Gasteiger partial charge in [-0.1, -0.05) is 60.7 Å². The number of aliphatic imine (C=N–C) groups is 1. The molecule has 0 radical (unpaired) electrons. The van der Waals surface area contributed by atoms with Crippen LogP contribution in [0, 0.1) is 0 Å². The van der Waals surface area contributed by atoms with Crippen LogP contribution in [-0.2, 0) is 13.0 Å². The van der Waals surface area contributed by atoms with E-state index in [9.17, 15) is 0 Å². The van der Waals surface area contributed by atoms with Gasteiger partial charge in [0.2, 0.25) is 0 Å². The lowest BCUT2D eigenvalue weighted by atomic mass is 9.96. The number of fused-ring (bicyclic) bond motifs is 1. The number of nitrogens with zero attached hydrogens (tertiary/aromatic N) is 1. The molecule has 0 atom stereocenters. The largest absolute Gasteiger partial charge is 0.489 e. The summed E-state index contributed by atoms with van der Waals surface area (Å²) in [6.45, 7) is 1.38. The van der Waals surface area contributed by atoms with Gasteiger partial charge in [-0.05, 0) is 63.3 Å². The Morgan fingerprint density at radius 3 is 2.48 bits per heavy atom.